The van der Waals surface area contributed by atoms with Gasteiger partial charge in [-0.3, -0.25) is 9.59 Å². The van der Waals surface area contributed by atoms with Crippen LogP contribution in [0, 0.1) is 0 Å². The number of furan rings is 1. The van der Waals surface area contributed by atoms with Crippen molar-refractivity contribution in [1.82, 2.24) is 10.2 Å². The first kappa shape index (κ1) is 15.3. The van der Waals surface area contributed by atoms with E-state index >= 15 is 0 Å². The summed E-state index contributed by atoms with van der Waals surface area (Å²) in [5.41, 5.74) is 1.21. The number of nitrogens with one attached hydrogen (secondary N) is 1. The highest BCUT2D eigenvalue weighted by Gasteiger charge is 2.28. The Balaban J connectivity index is 1.60. The number of nitrogens with zero attached hydrogens (tertiary/aromatic N) is 1. The number of hydrogen-bond acceptors (Lipinski definition) is 4. The first-order valence-corrected chi connectivity index (χ1v) is 8.63. The summed E-state index contributed by atoms with van der Waals surface area (Å²) in [5, 5.41) is 4.67. The lowest BCUT2D eigenvalue weighted by Gasteiger charge is -2.33. The zero-order valence-electron chi connectivity index (χ0n) is 12.0. The minimum absolute atomic E-state index is 0.0268. The molecule has 0 aromatic carbocycles. The Hall–Kier alpha value is -1.60. The average molecular weight is 383 g/mol. The third-order valence-corrected chi connectivity index (χ3v) is 5.22. The molecule has 0 unspecified atom stereocenters. The topological polar surface area (TPSA) is 62.6 Å². The van der Waals surface area contributed by atoms with Gasteiger partial charge in [-0.1, -0.05) is 0 Å². The van der Waals surface area contributed by atoms with Crippen LogP contribution in [0.5, 0.6) is 0 Å². The largest absolute Gasteiger partial charge is 0.444 e. The zero-order chi connectivity index (χ0) is 15.7. The van der Waals surface area contributed by atoms with E-state index in [0.717, 1.165) is 6.42 Å². The van der Waals surface area contributed by atoms with Crippen LogP contribution in [0.2, 0.25) is 0 Å². The number of carbonyl (C=O) groups is 2. The van der Waals surface area contributed by atoms with Gasteiger partial charge < -0.3 is 14.6 Å². The molecule has 2 amide bonds. The van der Waals surface area contributed by atoms with E-state index in [1.165, 1.54) is 10.4 Å². The maximum absolute atomic E-state index is 12.4. The Morgan fingerprint density at radius 1 is 1.45 bits per heavy atom. The number of amides is 2. The van der Waals surface area contributed by atoms with Crippen LogP contribution < -0.4 is 5.32 Å². The lowest BCUT2D eigenvalue weighted by molar-refractivity contribution is -0.132. The van der Waals surface area contributed by atoms with Crippen molar-refractivity contribution in [3.63, 3.8) is 0 Å². The second-order valence-corrected chi connectivity index (χ2v) is 6.88. The van der Waals surface area contributed by atoms with Gasteiger partial charge in [0.1, 0.15) is 0 Å². The van der Waals surface area contributed by atoms with E-state index < -0.39 is 0 Å². The van der Waals surface area contributed by atoms with Crippen LogP contribution in [0.4, 0.5) is 0 Å². The van der Waals surface area contributed by atoms with Crippen molar-refractivity contribution in [1.29, 1.82) is 0 Å². The SMILES string of the molecule is C[C@H]1c2ccsc2CCN1C(=O)CNC(=O)c1ccc(Br)o1. The fourth-order valence-corrected chi connectivity index (χ4v) is 3.90. The Labute approximate surface area is 140 Å². The highest BCUT2D eigenvalue weighted by Crippen LogP contribution is 2.32. The molecule has 0 spiro atoms. The average Bonchev–Trinajstić information content (AvgIpc) is 3.14. The van der Waals surface area contributed by atoms with Gasteiger partial charge in [0.25, 0.3) is 5.91 Å². The normalized spacial score (nSPS) is 17.2. The summed E-state index contributed by atoms with van der Waals surface area (Å²) in [6.07, 6.45) is 0.877. The van der Waals surface area contributed by atoms with Crippen molar-refractivity contribution in [3.05, 3.63) is 44.4 Å². The zero-order valence-corrected chi connectivity index (χ0v) is 14.4. The van der Waals surface area contributed by atoms with E-state index in [9.17, 15) is 9.59 Å². The Kier molecular flexibility index (Phi) is 4.35. The van der Waals surface area contributed by atoms with Crippen LogP contribution in [0.3, 0.4) is 0 Å². The molecule has 5 nitrogen and oxygen atoms in total. The molecule has 2 aromatic heterocycles. The molecule has 3 rings (SSSR count). The molecule has 1 aliphatic rings. The highest BCUT2D eigenvalue weighted by atomic mass is 79.9. The van der Waals surface area contributed by atoms with E-state index in [0.29, 0.717) is 11.2 Å². The second-order valence-electron chi connectivity index (χ2n) is 5.10. The van der Waals surface area contributed by atoms with Crippen molar-refractivity contribution in [2.75, 3.05) is 13.1 Å². The van der Waals surface area contributed by atoms with Gasteiger partial charge in [0.15, 0.2) is 10.4 Å². The van der Waals surface area contributed by atoms with Crippen molar-refractivity contribution in [3.8, 4) is 0 Å². The third kappa shape index (κ3) is 2.96. The van der Waals surface area contributed by atoms with Crippen LogP contribution in [0.25, 0.3) is 0 Å². The van der Waals surface area contributed by atoms with E-state index in [-0.39, 0.29) is 30.2 Å². The molecule has 1 aliphatic heterocycles. The fourth-order valence-electron chi connectivity index (χ4n) is 2.63. The molecule has 0 saturated carbocycles. The molecule has 0 fully saturated rings. The summed E-state index contributed by atoms with van der Waals surface area (Å²) in [5.74, 6) is -0.283. The predicted octanol–water partition coefficient (Wildman–Crippen LogP) is 2.98. The number of thiophene rings is 1. The molecule has 1 N–H and O–H groups in total. The van der Waals surface area contributed by atoms with Gasteiger partial charge in [0, 0.05) is 11.4 Å². The van der Waals surface area contributed by atoms with Gasteiger partial charge in [-0.25, -0.2) is 0 Å². The molecular weight excluding hydrogens is 368 g/mol. The lowest BCUT2D eigenvalue weighted by atomic mass is 10.0. The van der Waals surface area contributed by atoms with Crippen molar-refractivity contribution in [2.45, 2.75) is 19.4 Å². The molecule has 22 heavy (non-hydrogen) atoms. The first-order valence-electron chi connectivity index (χ1n) is 6.95. The van der Waals surface area contributed by atoms with Crippen LogP contribution in [0.1, 0.15) is 34.0 Å². The summed E-state index contributed by atoms with van der Waals surface area (Å²) in [6.45, 7) is 2.69. The molecule has 0 bridgehead atoms. The van der Waals surface area contributed by atoms with E-state index in [4.69, 9.17) is 4.42 Å². The summed E-state index contributed by atoms with van der Waals surface area (Å²) in [4.78, 5) is 27.4. The fraction of sp³-hybridized carbons (Fsp3) is 0.333. The van der Waals surface area contributed by atoms with Crippen molar-refractivity contribution >= 4 is 39.1 Å². The molecule has 116 valence electrons. The minimum atomic E-state index is -0.389. The van der Waals surface area contributed by atoms with Gasteiger partial charge in [0.05, 0.1) is 12.6 Å². The Morgan fingerprint density at radius 3 is 3.00 bits per heavy atom. The van der Waals surface area contributed by atoms with Crippen molar-refractivity contribution < 1.29 is 14.0 Å². The number of rotatable bonds is 3. The molecule has 1 atom stereocenters. The van der Waals surface area contributed by atoms with Gasteiger partial charge >= 0.3 is 0 Å². The van der Waals surface area contributed by atoms with E-state index in [1.807, 2.05) is 11.8 Å². The molecule has 2 aromatic rings. The van der Waals surface area contributed by atoms with Crippen LogP contribution in [-0.2, 0) is 11.2 Å². The smallest absolute Gasteiger partial charge is 0.287 e. The quantitative estimate of drug-likeness (QED) is 0.887. The predicted molar refractivity (Wildman–Crippen MR) is 86.9 cm³/mol. The lowest BCUT2D eigenvalue weighted by Crippen LogP contribution is -2.44. The van der Waals surface area contributed by atoms with Gasteiger partial charge in [-0.2, -0.15) is 0 Å². The standard InChI is InChI=1S/C15H15BrN2O3S/c1-9-10-5-7-22-12(10)4-6-18(9)14(19)8-17-15(20)11-2-3-13(16)21-11/h2-3,5,7,9H,4,6,8H2,1H3,(H,17,20)/t9-/m0/s1. The number of carbonyl (C=O) groups excluding carboxylic acids is 2. The number of hydrogen-bond donors (Lipinski definition) is 1. The first-order chi connectivity index (χ1) is 10.6. The summed E-state index contributed by atoms with van der Waals surface area (Å²) < 4.78 is 5.65. The number of halogens is 1. The third-order valence-electron chi connectivity index (χ3n) is 3.79. The van der Waals surface area contributed by atoms with Crippen LogP contribution >= 0.6 is 27.3 Å². The monoisotopic (exact) mass is 382 g/mol. The number of fused-ring (bicyclic) bond motifs is 1. The minimum Gasteiger partial charge on any atom is -0.444 e. The molecule has 7 heteroatoms. The van der Waals surface area contributed by atoms with Gasteiger partial charge in [-0.15, -0.1) is 11.3 Å². The molecule has 0 radical (unpaired) electrons. The van der Waals surface area contributed by atoms with Crippen molar-refractivity contribution in [2.24, 2.45) is 0 Å². The Bertz CT molecular complexity index is 709. The van der Waals surface area contributed by atoms with Gasteiger partial charge in [0.2, 0.25) is 5.91 Å². The molecule has 3 heterocycles. The second kappa shape index (κ2) is 6.26. The van der Waals surface area contributed by atoms with E-state index in [2.05, 4.69) is 32.7 Å². The molecule has 0 saturated heterocycles. The maximum Gasteiger partial charge on any atom is 0.287 e. The van der Waals surface area contributed by atoms with Gasteiger partial charge in [-0.05, 0) is 58.4 Å². The highest BCUT2D eigenvalue weighted by molar-refractivity contribution is 9.10. The Morgan fingerprint density at radius 2 is 2.27 bits per heavy atom. The van der Waals surface area contributed by atoms with E-state index in [1.54, 1.807) is 23.5 Å². The molecular formula is C15H15BrN2O3S. The maximum atomic E-state index is 12.4. The van der Waals surface area contributed by atoms with Crippen LogP contribution in [-0.4, -0.2) is 29.8 Å². The summed E-state index contributed by atoms with van der Waals surface area (Å²) >= 11 is 4.88. The summed E-state index contributed by atoms with van der Waals surface area (Å²) in [7, 11) is 0. The molecule has 0 aliphatic carbocycles. The van der Waals surface area contributed by atoms with Crippen LogP contribution in [0.15, 0.2) is 32.7 Å². The summed E-state index contributed by atoms with van der Waals surface area (Å²) in [6, 6.07) is 5.33.